The van der Waals surface area contributed by atoms with Gasteiger partial charge in [-0.15, -0.1) is 0 Å². The maximum Gasteiger partial charge on any atom is 0.417 e. The van der Waals surface area contributed by atoms with E-state index in [1.165, 1.54) is 6.07 Å². The highest BCUT2D eigenvalue weighted by Crippen LogP contribution is 2.36. The lowest BCUT2D eigenvalue weighted by Gasteiger charge is -2.26. The Balaban J connectivity index is 1.92. The monoisotopic (exact) mass is 307 g/mol. The first-order valence-electron chi connectivity index (χ1n) is 6.63. The second-order valence-corrected chi connectivity index (χ2v) is 5.21. The number of morpholine rings is 1. The van der Waals surface area contributed by atoms with Gasteiger partial charge >= 0.3 is 6.18 Å². The van der Waals surface area contributed by atoms with Crippen molar-refractivity contribution in [2.75, 3.05) is 32.8 Å². The fourth-order valence-electron chi connectivity index (χ4n) is 2.31. The fourth-order valence-corrected chi connectivity index (χ4v) is 2.64. The zero-order valence-corrected chi connectivity index (χ0v) is 11.8. The molecule has 1 aromatic carbocycles. The number of halogens is 4. The molecular formula is C14H17ClF3NO. The Hall–Kier alpha value is -0.780. The van der Waals surface area contributed by atoms with Crippen LogP contribution < -0.4 is 0 Å². The van der Waals surface area contributed by atoms with E-state index in [2.05, 4.69) is 4.90 Å². The Morgan fingerprint density at radius 1 is 1.20 bits per heavy atom. The first-order valence-corrected chi connectivity index (χ1v) is 7.01. The topological polar surface area (TPSA) is 12.5 Å². The minimum absolute atomic E-state index is 0.165. The third kappa shape index (κ3) is 4.11. The normalized spacial score (nSPS) is 17.4. The molecular weight excluding hydrogens is 291 g/mol. The van der Waals surface area contributed by atoms with Gasteiger partial charge in [0.2, 0.25) is 0 Å². The van der Waals surface area contributed by atoms with Crippen LogP contribution in [-0.4, -0.2) is 37.7 Å². The Morgan fingerprint density at radius 2 is 1.90 bits per heavy atom. The smallest absolute Gasteiger partial charge is 0.379 e. The van der Waals surface area contributed by atoms with E-state index in [0.717, 1.165) is 45.3 Å². The van der Waals surface area contributed by atoms with Gasteiger partial charge in [-0.3, -0.25) is 4.90 Å². The van der Waals surface area contributed by atoms with Gasteiger partial charge in [-0.1, -0.05) is 23.7 Å². The molecule has 1 saturated heterocycles. The third-order valence-corrected chi connectivity index (χ3v) is 3.85. The van der Waals surface area contributed by atoms with Crippen LogP contribution in [-0.2, 0) is 17.3 Å². The van der Waals surface area contributed by atoms with Crippen molar-refractivity contribution in [1.82, 2.24) is 4.90 Å². The molecule has 6 heteroatoms. The van der Waals surface area contributed by atoms with Gasteiger partial charge in [0.1, 0.15) is 0 Å². The highest BCUT2D eigenvalue weighted by atomic mass is 35.5. The molecule has 1 aromatic rings. The van der Waals surface area contributed by atoms with Gasteiger partial charge < -0.3 is 4.74 Å². The fraction of sp³-hybridized carbons (Fsp3) is 0.571. The maximum atomic E-state index is 12.7. The van der Waals surface area contributed by atoms with E-state index in [-0.39, 0.29) is 5.02 Å². The quantitative estimate of drug-likeness (QED) is 0.842. The molecule has 112 valence electrons. The lowest BCUT2D eigenvalue weighted by atomic mass is 10.1. The molecule has 1 aliphatic heterocycles. The van der Waals surface area contributed by atoms with Gasteiger partial charge in [0.05, 0.1) is 23.8 Å². The molecule has 0 unspecified atom stereocenters. The molecule has 0 radical (unpaired) electrons. The lowest BCUT2D eigenvalue weighted by molar-refractivity contribution is -0.137. The summed E-state index contributed by atoms with van der Waals surface area (Å²) in [7, 11) is 0. The summed E-state index contributed by atoms with van der Waals surface area (Å²) in [5, 5.41) is -0.165. The van der Waals surface area contributed by atoms with Crippen molar-refractivity contribution in [1.29, 1.82) is 0 Å². The van der Waals surface area contributed by atoms with E-state index in [1.54, 1.807) is 6.07 Å². The van der Waals surface area contributed by atoms with Crippen molar-refractivity contribution in [3.63, 3.8) is 0 Å². The highest BCUT2D eigenvalue weighted by molar-refractivity contribution is 6.32. The minimum Gasteiger partial charge on any atom is -0.379 e. The first kappa shape index (κ1) is 15.6. The SMILES string of the molecule is FC(F)(F)c1cccc(CCCN2CCOCC2)c1Cl. The zero-order chi connectivity index (χ0) is 14.6. The second kappa shape index (κ2) is 6.78. The van der Waals surface area contributed by atoms with Gasteiger partial charge in [0.15, 0.2) is 0 Å². The van der Waals surface area contributed by atoms with E-state index < -0.39 is 11.7 Å². The third-order valence-electron chi connectivity index (χ3n) is 3.41. The van der Waals surface area contributed by atoms with Crippen LogP contribution in [0, 0.1) is 0 Å². The van der Waals surface area contributed by atoms with Crippen LogP contribution in [0.25, 0.3) is 0 Å². The molecule has 0 aliphatic carbocycles. The molecule has 0 atom stereocenters. The number of nitrogens with zero attached hydrogens (tertiary/aromatic N) is 1. The molecule has 1 fully saturated rings. The van der Waals surface area contributed by atoms with E-state index in [1.807, 2.05) is 0 Å². The molecule has 0 N–H and O–H groups in total. The number of ether oxygens (including phenoxy) is 1. The second-order valence-electron chi connectivity index (χ2n) is 4.83. The summed E-state index contributed by atoms with van der Waals surface area (Å²) in [5.41, 5.74) is -0.183. The van der Waals surface area contributed by atoms with Crippen molar-refractivity contribution in [3.05, 3.63) is 34.3 Å². The average Bonchev–Trinajstić information content (AvgIpc) is 2.40. The number of hydrogen-bond donors (Lipinski definition) is 0. The molecule has 1 heterocycles. The van der Waals surface area contributed by atoms with Crippen molar-refractivity contribution >= 4 is 11.6 Å². The van der Waals surface area contributed by atoms with Crippen molar-refractivity contribution in [3.8, 4) is 0 Å². The predicted octanol–water partition coefficient (Wildman–Crippen LogP) is 3.62. The summed E-state index contributed by atoms with van der Waals surface area (Å²) in [6.07, 6.45) is -3.04. The molecule has 2 rings (SSSR count). The molecule has 0 saturated carbocycles. The van der Waals surface area contributed by atoms with Gasteiger partial charge in [-0.05, 0) is 31.0 Å². The van der Waals surface area contributed by atoms with Gasteiger partial charge in [-0.2, -0.15) is 13.2 Å². The summed E-state index contributed by atoms with van der Waals surface area (Å²) < 4.78 is 43.5. The maximum absolute atomic E-state index is 12.7. The number of aryl methyl sites for hydroxylation is 1. The summed E-state index contributed by atoms with van der Waals surface area (Å²) in [5.74, 6) is 0. The van der Waals surface area contributed by atoms with Gasteiger partial charge in [-0.25, -0.2) is 0 Å². The molecule has 20 heavy (non-hydrogen) atoms. The van der Waals surface area contributed by atoms with E-state index in [9.17, 15) is 13.2 Å². The predicted molar refractivity (Wildman–Crippen MR) is 72.0 cm³/mol. The van der Waals surface area contributed by atoms with Crippen molar-refractivity contribution in [2.24, 2.45) is 0 Å². The van der Waals surface area contributed by atoms with Crippen LogP contribution in [0.1, 0.15) is 17.5 Å². The molecule has 0 amide bonds. The number of rotatable bonds is 4. The van der Waals surface area contributed by atoms with E-state index in [4.69, 9.17) is 16.3 Å². The van der Waals surface area contributed by atoms with Crippen LogP contribution in [0.2, 0.25) is 5.02 Å². The number of alkyl halides is 3. The van der Waals surface area contributed by atoms with Crippen LogP contribution in [0.5, 0.6) is 0 Å². The molecule has 0 aromatic heterocycles. The van der Waals surface area contributed by atoms with Crippen molar-refractivity contribution < 1.29 is 17.9 Å². The Morgan fingerprint density at radius 3 is 2.55 bits per heavy atom. The van der Waals surface area contributed by atoms with Gasteiger partial charge in [0, 0.05) is 13.1 Å². The van der Waals surface area contributed by atoms with Crippen LogP contribution >= 0.6 is 11.6 Å². The Labute approximate surface area is 121 Å². The van der Waals surface area contributed by atoms with Crippen molar-refractivity contribution in [2.45, 2.75) is 19.0 Å². The lowest BCUT2D eigenvalue weighted by Crippen LogP contribution is -2.36. The Bertz CT molecular complexity index is 445. The molecule has 0 bridgehead atoms. The Kier molecular flexibility index (Phi) is 5.29. The van der Waals surface area contributed by atoms with Crippen LogP contribution in [0.3, 0.4) is 0 Å². The molecule has 1 aliphatic rings. The average molecular weight is 308 g/mol. The van der Waals surface area contributed by atoms with E-state index in [0.29, 0.717) is 12.0 Å². The van der Waals surface area contributed by atoms with Gasteiger partial charge in [0.25, 0.3) is 0 Å². The summed E-state index contributed by atoms with van der Waals surface area (Å²) in [6, 6.07) is 4.10. The first-order chi connectivity index (χ1) is 9.48. The summed E-state index contributed by atoms with van der Waals surface area (Å²) >= 11 is 5.86. The van der Waals surface area contributed by atoms with Crippen LogP contribution in [0.4, 0.5) is 13.2 Å². The number of hydrogen-bond acceptors (Lipinski definition) is 2. The highest BCUT2D eigenvalue weighted by Gasteiger charge is 2.33. The minimum atomic E-state index is -4.39. The van der Waals surface area contributed by atoms with Crippen LogP contribution in [0.15, 0.2) is 18.2 Å². The van der Waals surface area contributed by atoms with E-state index >= 15 is 0 Å². The standard InChI is InChI=1S/C14H17ClF3NO/c15-13-11(3-1-5-12(13)14(16,17)18)4-2-6-19-7-9-20-10-8-19/h1,3,5H,2,4,6-10H2. The molecule has 0 spiro atoms. The number of benzene rings is 1. The largest absolute Gasteiger partial charge is 0.417 e. The molecule has 2 nitrogen and oxygen atoms in total. The summed E-state index contributed by atoms with van der Waals surface area (Å²) in [6.45, 7) is 4.08. The zero-order valence-electron chi connectivity index (χ0n) is 11.0. The summed E-state index contributed by atoms with van der Waals surface area (Å²) in [4.78, 5) is 2.25.